The summed E-state index contributed by atoms with van der Waals surface area (Å²) in [7, 11) is 0. The lowest BCUT2D eigenvalue weighted by molar-refractivity contribution is -0.757. The molecule has 0 amide bonds. The van der Waals surface area contributed by atoms with Crippen molar-refractivity contribution in [2.24, 2.45) is 0 Å². The highest BCUT2D eigenvalue weighted by atomic mass is 16.9. The predicted octanol–water partition coefficient (Wildman–Crippen LogP) is 2.56. The highest BCUT2D eigenvalue weighted by Gasteiger charge is 1.93. The monoisotopic (exact) mass is 176 g/mol. The van der Waals surface area contributed by atoms with Gasteiger partial charge in [-0.2, -0.15) is 0 Å². The topological polar surface area (TPSA) is 52.4 Å². The molecule has 0 aliphatic rings. The summed E-state index contributed by atoms with van der Waals surface area (Å²) in [6.07, 6.45) is 5.83. The van der Waals surface area contributed by atoms with E-state index in [0.717, 1.165) is 19.3 Å². The molecule has 0 aromatic rings. The summed E-state index contributed by atoms with van der Waals surface area (Å²) < 4.78 is 7.12. The molecule has 1 unspecified atom stereocenters. The third-order valence-electron chi connectivity index (χ3n) is 1.59. The Morgan fingerprint density at radius 2 is 1.92 bits per heavy atom. The molecule has 12 heavy (non-hydrogen) atoms. The van der Waals surface area contributed by atoms with Crippen molar-refractivity contribution in [2.45, 2.75) is 45.4 Å². The van der Waals surface area contributed by atoms with Crippen LogP contribution in [-0.2, 0) is 4.84 Å². The van der Waals surface area contributed by atoms with Crippen LogP contribution in [0.3, 0.4) is 0 Å². The van der Waals surface area contributed by atoms with Crippen molar-refractivity contribution < 1.29 is 11.3 Å². The van der Waals surface area contributed by atoms with E-state index in [0.29, 0.717) is 6.42 Å². The summed E-state index contributed by atoms with van der Waals surface area (Å²) in [5, 5.41) is 8.91. The van der Waals surface area contributed by atoms with Crippen LogP contribution in [-0.4, -0.2) is 11.7 Å². The van der Waals surface area contributed by atoms with Gasteiger partial charge >= 0.3 is 0 Å². The Morgan fingerprint density at radius 3 is 2.50 bits per heavy atom. The first-order valence-electron chi connectivity index (χ1n) is 4.98. The van der Waals surface area contributed by atoms with Gasteiger partial charge in [-0.25, -0.2) is 0 Å². The summed E-state index contributed by atoms with van der Waals surface area (Å²) in [6.45, 7) is 1.12. The van der Waals surface area contributed by atoms with Gasteiger partial charge in [0, 0.05) is 0 Å². The Bertz CT molecular complexity index is 143. The lowest BCUT2D eigenvalue weighted by Gasteiger charge is -1.99. The Hall–Kier alpha value is -0.800. The second kappa shape index (κ2) is 8.30. The molecule has 1 atom stereocenters. The SMILES string of the molecule is [2H]C(CCCCCCC)O[N+](=O)[O-]. The van der Waals surface area contributed by atoms with E-state index in [1.165, 1.54) is 12.8 Å². The number of nitrogens with zero attached hydrogens (tertiary/aromatic N) is 1. The molecule has 0 rings (SSSR count). The first-order valence-corrected chi connectivity index (χ1v) is 4.40. The molecule has 0 fully saturated rings. The first kappa shape index (κ1) is 9.29. The Balaban J connectivity index is 3.17. The maximum absolute atomic E-state index is 9.81. The number of hydrogen-bond acceptors (Lipinski definition) is 3. The van der Waals surface area contributed by atoms with Crippen LogP contribution in [0.2, 0.25) is 0 Å². The van der Waals surface area contributed by atoms with Gasteiger partial charge in [-0.05, 0) is 6.42 Å². The van der Waals surface area contributed by atoms with Crippen LogP contribution in [0.25, 0.3) is 0 Å². The third kappa shape index (κ3) is 9.20. The Kier molecular flexibility index (Phi) is 6.42. The van der Waals surface area contributed by atoms with E-state index in [2.05, 4.69) is 11.8 Å². The van der Waals surface area contributed by atoms with Gasteiger partial charge in [0.25, 0.3) is 5.09 Å². The number of hydrogen-bond donors (Lipinski definition) is 0. The molecule has 0 aromatic carbocycles. The minimum atomic E-state index is -1.00. The zero-order chi connectivity index (χ0) is 10.1. The van der Waals surface area contributed by atoms with Crippen LogP contribution >= 0.6 is 0 Å². The highest BCUT2D eigenvalue weighted by molar-refractivity contribution is 4.42. The fourth-order valence-corrected chi connectivity index (χ4v) is 0.945. The van der Waals surface area contributed by atoms with Gasteiger partial charge in [-0.3, -0.25) is 0 Å². The molecule has 0 radical (unpaired) electrons. The Morgan fingerprint density at radius 1 is 1.33 bits per heavy atom. The molecule has 4 nitrogen and oxygen atoms in total. The summed E-state index contributed by atoms with van der Waals surface area (Å²) in [6, 6.07) is 0. The molecule has 0 N–H and O–H groups in total. The first-order chi connectivity index (χ1) is 6.16. The second-order valence-electron chi connectivity index (χ2n) is 2.70. The average Bonchev–Trinajstić information content (AvgIpc) is 2.02. The van der Waals surface area contributed by atoms with Crippen molar-refractivity contribution in [1.82, 2.24) is 0 Å². The molecule has 0 spiro atoms. The maximum Gasteiger partial charge on any atom is 0.294 e. The predicted molar refractivity (Wildman–Crippen MR) is 46.3 cm³/mol. The molecule has 0 heterocycles. The third-order valence-corrected chi connectivity index (χ3v) is 1.59. The van der Waals surface area contributed by atoms with E-state index in [4.69, 9.17) is 1.37 Å². The van der Waals surface area contributed by atoms with Crippen LogP contribution in [0.1, 0.15) is 46.8 Å². The van der Waals surface area contributed by atoms with Crippen LogP contribution < -0.4 is 0 Å². The Labute approximate surface area is 74.4 Å². The van der Waals surface area contributed by atoms with Gasteiger partial charge < -0.3 is 4.84 Å². The van der Waals surface area contributed by atoms with Crippen molar-refractivity contribution in [3.05, 3.63) is 10.1 Å². The van der Waals surface area contributed by atoms with Gasteiger partial charge in [0.15, 0.2) is 0 Å². The van der Waals surface area contributed by atoms with E-state index in [1.54, 1.807) is 0 Å². The minimum absolute atomic E-state index is 0.449. The molecular weight excluding hydrogens is 158 g/mol. The molecule has 0 saturated heterocycles. The van der Waals surface area contributed by atoms with E-state index >= 15 is 0 Å². The lowest BCUT2D eigenvalue weighted by atomic mass is 10.1. The normalized spacial score (nSPS) is 13.6. The summed E-state index contributed by atoms with van der Waals surface area (Å²) >= 11 is 0. The van der Waals surface area contributed by atoms with Crippen LogP contribution in [0, 0.1) is 10.1 Å². The molecular formula is C8H17NO3. The van der Waals surface area contributed by atoms with Crippen molar-refractivity contribution >= 4 is 0 Å². The second-order valence-corrected chi connectivity index (χ2v) is 2.70. The minimum Gasteiger partial charge on any atom is -0.314 e. The lowest BCUT2D eigenvalue weighted by Crippen LogP contribution is -2.01. The fourth-order valence-electron chi connectivity index (χ4n) is 0.945. The van der Waals surface area contributed by atoms with Gasteiger partial charge in [-0.15, -0.1) is 10.1 Å². The van der Waals surface area contributed by atoms with Crippen molar-refractivity contribution in [2.75, 3.05) is 6.58 Å². The zero-order valence-electron chi connectivity index (χ0n) is 8.49. The molecule has 0 bridgehead atoms. The van der Waals surface area contributed by atoms with Gasteiger partial charge in [0.1, 0.15) is 0 Å². The van der Waals surface area contributed by atoms with E-state index in [9.17, 15) is 10.1 Å². The van der Waals surface area contributed by atoms with Crippen molar-refractivity contribution in [1.29, 1.82) is 0 Å². The summed E-state index contributed by atoms with van der Waals surface area (Å²) in [5.74, 6) is 0. The van der Waals surface area contributed by atoms with Crippen molar-refractivity contribution in [3.63, 3.8) is 0 Å². The van der Waals surface area contributed by atoms with Gasteiger partial charge in [-0.1, -0.05) is 39.0 Å². The zero-order valence-corrected chi connectivity index (χ0v) is 7.49. The number of unbranched alkanes of at least 4 members (excludes halogenated alkanes) is 4. The molecule has 0 aliphatic heterocycles. The number of rotatable bonds is 8. The smallest absolute Gasteiger partial charge is 0.294 e. The average molecular weight is 176 g/mol. The molecule has 72 valence electrons. The molecule has 0 saturated carbocycles. The molecule has 0 aromatic heterocycles. The van der Waals surface area contributed by atoms with Gasteiger partial charge in [0.05, 0.1) is 7.95 Å². The maximum atomic E-state index is 9.81. The van der Waals surface area contributed by atoms with Crippen LogP contribution in [0.5, 0.6) is 0 Å². The van der Waals surface area contributed by atoms with Crippen molar-refractivity contribution in [3.8, 4) is 0 Å². The van der Waals surface area contributed by atoms with E-state index < -0.39 is 11.7 Å². The van der Waals surface area contributed by atoms with Gasteiger partial charge in [0.2, 0.25) is 0 Å². The van der Waals surface area contributed by atoms with E-state index in [1.807, 2.05) is 0 Å². The fraction of sp³-hybridized carbons (Fsp3) is 1.00. The summed E-state index contributed by atoms with van der Waals surface area (Å²) in [5.41, 5.74) is 0. The van der Waals surface area contributed by atoms with Crippen LogP contribution in [0.4, 0.5) is 0 Å². The quantitative estimate of drug-likeness (QED) is 0.324. The van der Waals surface area contributed by atoms with Crippen LogP contribution in [0.15, 0.2) is 0 Å². The largest absolute Gasteiger partial charge is 0.314 e. The molecule has 4 heteroatoms. The highest BCUT2D eigenvalue weighted by Crippen LogP contribution is 2.04. The standard InChI is InChI=1S/C8H17NO3/c1-2-3-4-5-6-7-8-12-9(10)11/h2-8H2,1H3/i8D. The van der Waals surface area contributed by atoms with E-state index in [-0.39, 0.29) is 0 Å². The summed E-state index contributed by atoms with van der Waals surface area (Å²) in [4.78, 5) is 13.9. The molecule has 0 aliphatic carbocycles.